The van der Waals surface area contributed by atoms with E-state index in [4.69, 9.17) is 26.1 Å². The lowest BCUT2D eigenvalue weighted by Gasteiger charge is -2.17. The van der Waals surface area contributed by atoms with Crippen LogP contribution in [-0.2, 0) is 0 Å². The van der Waals surface area contributed by atoms with Crippen molar-refractivity contribution in [2.24, 2.45) is 0 Å². The molecule has 1 N–H and O–H groups in total. The fourth-order valence-electron chi connectivity index (χ4n) is 3.28. The minimum Gasteiger partial charge on any atom is -0.496 e. The van der Waals surface area contributed by atoms with Gasteiger partial charge < -0.3 is 14.8 Å². The molecule has 2 heterocycles. The Hall–Kier alpha value is -2.53. The van der Waals surface area contributed by atoms with Gasteiger partial charge in [-0.2, -0.15) is 0 Å². The highest BCUT2D eigenvalue weighted by Crippen LogP contribution is 2.43. The van der Waals surface area contributed by atoms with Crippen LogP contribution < -0.4 is 14.8 Å². The van der Waals surface area contributed by atoms with Gasteiger partial charge in [-0.1, -0.05) is 11.6 Å². The van der Waals surface area contributed by atoms with Crippen molar-refractivity contribution in [3.63, 3.8) is 0 Å². The van der Waals surface area contributed by atoms with Gasteiger partial charge in [0.15, 0.2) is 0 Å². The number of methoxy groups -OCH3 is 2. The third kappa shape index (κ3) is 3.28. The van der Waals surface area contributed by atoms with Crippen molar-refractivity contribution in [2.75, 3.05) is 19.5 Å². The van der Waals surface area contributed by atoms with Crippen molar-refractivity contribution in [1.82, 2.24) is 9.97 Å². The zero-order valence-electron chi connectivity index (χ0n) is 15.9. The molecule has 140 valence electrons. The van der Waals surface area contributed by atoms with Gasteiger partial charge in [-0.3, -0.25) is 4.98 Å². The lowest BCUT2D eigenvalue weighted by molar-refractivity contribution is 0.393. The molecule has 0 bridgehead atoms. The number of fused-ring (bicyclic) bond motifs is 1. The fraction of sp³-hybridized carbons (Fsp3) is 0.333. The summed E-state index contributed by atoms with van der Waals surface area (Å²) < 4.78 is 11.0. The van der Waals surface area contributed by atoms with Crippen molar-refractivity contribution in [3.8, 4) is 22.8 Å². The summed E-state index contributed by atoms with van der Waals surface area (Å²) in [4.78, 5) is 9.38. The summed E-state index contributed by atoms with van der Waals surface area (Å²) in [5.74, 6) is 2.15. The number of hydrogen-bond donors (Lipinski definition) is 1. The second-order valence-corrected chi connectivity index (χ2v) is 7.29. The third-order valence-electron chi connectivity index (χ3n) is 4.91. The summed E-state index contributed by atoms with van der Waals surface area (Å²) in [5, 5.41) is 6.17. The second kappa shape index (κ2) is 6.89. The fourth-order valence-corrected chi connectivity index (χ4v) is 3.65. The molecule has 27 heavy (non-hydrogen) atoms. The first-order valence-corrected chi connectivity index (χ1v) is 9.35. The maximum absolute atomic E-state index is 6.67. The van der Waals surface area contributed by atoms with Crippen LogP contribution in [-0.4, -0.2) is 30.2 Å². The Morgan fingerprint density at radius 1 is 1.07 bits per heavy atom. The van der Waals surface area contributed by atoms with Gasteiger partial charge in [-0.05, 0) is 38.8 Å². The lowest BCUT2D eigenvalue weighted by Crippen LogP contribution is -2.05. The molecule has 0 amide bonds. The first kappa shape index (κ1) is 17.9. The average Bonchev–Trinajstić information content (AvgIpc) is 3.47. The van der Waals surface area contributed by atoms with E-state index in [-0.39, 0.29) is 0 Å². The average molecular weight is 384 g/mol. The molecule has 1 saturated carbocycles. The Labute approximate surface area is 163 Å². The molecule has 0 unspecified atom stereocenters. The number of anilines is 1. The van der Waals surface area contributed by atoms with Crippen LogP contribution in [0.1, 0.15) is 24.1 Å². The minimum atomic E-state index is 0.487. The Morgan fingerprint density at radius 3 is 2.48 bits per heavy atom. The zero-order valence-corrected chi connectivity index (χ0v) is 16.6. The summed E-state index contributed by atoms with van der Waals surface area (Å²) >= 11 is 6.67. The van der Waals surface area contributed by atoms with E-state index in [1.54, 1.807) is 20.3 Å². The van der Waals surface area contributed by atoms with Crippen molar-refractivity contribution in [1.29, 1.82) is 0 Å². The Balaban J connectivity index is 1.98. The van der Waals surface area contributed by atoms with Gasteiger partial charge in [0.25, 0.3) is 0 Å². The highest BCUT2D eigenvalue weighted by molar-refractivity contribution is 6.35. The molecule has 0 aliphatic heterocycles. The monoisotopic (exact) mass is 383 g/mol. The quantitative estimate of drug-likeness (QED) is 0.659. The highest BCUT2D eigenvalue weighted by Gasteiger charge is 2.24. The van der Waals surface area contributed by atoms with Crippen LogP contribution in [0.2, 0.25) is 5.02 Å². The molecule has 1 aliphatic rings. The maximum atomic E-state index is 6.67. The van der Waals surface area contributed by atoms with Gasteiger partial charge in [0, 0.05) is 45.9 Å². The van der Waals surface area contributed by atoms with Crippen LogP contribution in [0, 0.1) is 13.8 Å². The summed E-state index contributed by atoms with van der Waals surface area (Å²) in [5.41, 5.74) is 3.48. The van der Waals surface area contributed by atoms with E-state index in [2.05, 4.69) is 16.4 Å². The van der Waals surface area contributed by atoms with E-state index >= 15 is 0 Å². The van der Waals surface area contributed by atoms with Crippen molar-refractivity contribution >= 4 is 28.2 Å². The number of nitrogens with one attached hydrogen (secondary N) is 1. The molecule has 0 saturated heterocycles. The predicted molar refractivity (Wildman–Crippen MR) is 109 cm³/mol. The highest BCUT2D eigenvalue weighted by atomic mass is 35.5. The van der Waals surface area contributed by atoms with Crippen LogP contribution >= 0.6 is 11.6 Å². The second-order valence-electron chi connectivity index (χ2n) is 6.92. The molecule has 0 radical (unpaired) electrons. The van der Waals surface area contributed by atoms with Gasteiger partial charge in [-0.25, -0.2) is 4.98 Å². The summed E-state index contributed by atoms with van der Waals surface area (Å²) in [6.45, 7) is 3.97. The van der Waals surface area contributed by atoms with E-state index in [0.29, 0.717) is 22.6 Å². The maximum Gasteiger partial charge on any atom is 0.141 e. The molecule has 5 nitrogen and oxygen atoms in total. The largest absolute Gasteiger partial charge is 0.496 e. The van der Waals surface area contributed by atoms with Crippen LogP contribution in [0.3, 0.4) is 0 Å². The number of pyridine rings is 2. The lowest BCUT2D eigenvalue weighted by atomic mass is 10.0. The first-order valence-electron chi connectivity index (χ1n) is 8.97. The number of aryl methyl sites for hydroxylation is 1. The summed E-state index contributed by atoms with van der Waals surface area (Å²) in [6.07, 6.45) is 4.23. The van der Waals surface area contributed by atoms with Gasteiger partial charge in [0.1, 0.15) is 17.3 Å². The number of aromatic nitrogens is 2. The first-order chi connectivity index (χ1) is 13.0. The number of hydrogen-bond acceptors (Lipinski definition) is 5. The topological polar surface area (TPSA) is 56.3 Å². The Bertz CT molecular complexity index is 1000. The Morgan fingerprint density at radius 2 is 1.81 bits per heavy atom. The standard InChI is InChI=1S/C21H22ClN3O2/c1-11-7-15-13(10-23-11)8-16(25-21(15)24-14-5-6-14)19-12(2)17(26-3)9-18(27-4)20(19)22/h7-10,14H,5-6H2,1-4H3,(H,24,25). The molecule has 3 aromatic rings. The molecule has 6 heteroatoms. The molecule has 2 aromatic heterocycles. The van der Waals surface area contributed by atoms with Gasteiger partial charge in [0.2, 0.25) is 0 Å². The number of ether oxygens (including phenoxy) is 2. The smallest absolute Gasteiger partial charge is 0.141 e. The summed E-state index contributed by atoms with van der Waals surface area (Å²) in [6, 6.07) is 6.38. The predicted octanol–water partition coefficient (Wildman–Crippen LogP) is 5.16. The van der Waals surface area contributed by atoms with Crippen molar-refractivity contribution < 1.29 is 9.47 Å². The minimum absolute atomic E-state index is 0.487. The molecule has 1 fully saturated rings. The van der Waals surface area contributed by atoms with Crippen molar-refractivity contribution in [3.05, 3.63) is 40.7 Å². The number of benzene rings is 1. The zero-order chi connectivity index (χ0) is 19.1. The number of rotatable bonds is 5. The van der Waals surface area contributed by atoms with E-state index < -0.39 is 0 Å². The van der Waals surface area contributed by atoms with Gasteiger partial charge in [0.05, 0.1) is 24.9 Å². The molecular weight excluding hydrogens is 362 g/mol. The number of halogens is 1. The Kier molecular flexibility index (Phi) is 4.56. The number of nitrogens with zero attached hydrogens (tertiary/aromatic N) is 2. The summed E-state index contributed by atoms with van der Waals surface area (Å²) in [7, 11) is 3.24. The van der Waals surface area contributed by atoms with Crippen LogP contribution in [0.15, 0.2) is 24.4 Å². The van der Waals surface area contributed by atoms with Crippen LogP contribution in [0.4, 0.5) is 5.82 Å². The normalized spacial score (nSPS) is 13.7. The van der Waals surface area contributed by atoms with Gasteiger partial charge >= 0.3 is 0 Å². The van der Waals surface area contributed by atoms with E-state index in [9.17, 15) is 0 Å². The van der Waals surface area contributed by atoms with E-state index in [0.717, 1.165) is 39.1 Å². The molecule has 0 atom stereocenters. The van der Waals surface area contributed by atoms with E-state index in [1.165, 1.54) is 12.8 Å². The molecule has 0 spiro atoms. The SMILES string of the molecule is COc1cc(OC)c(Cl)c(-c2cc3cnc(C)cc3c(NC3CC3)n2)c1C. The molecule has 1 aliphatic carbocycles. The van der Waals surface area contributed by atoms with Crippen LogP contribution in [0.5, 0.6) is 11.5 Å². The molecule has 1 aromatic carbocycles. The third-order valence-corrected chi connectivity index (χ3v) is 5.28. The molecule has 4 rings (SSSR count). The van der Waals surface area contributed by atoms with Crippen LogP contribution in [0.25, 0.3) is 22.0 Å². The molecular formula is C21H22ClN3O2. The van der Waals surface area contributed by atoms with Crippen molar-refractivity contribution in [2.45, 2.75) is 32.7 Å². The van der Waals surface area contributed by atoms with Gasteiger partial charge in [-0.15, -0.1) is 0 Å². The van der Waals surface area contributed by atoms with E-state index in [1.807, 2.05) is 26.1 Å².